The minimum absolute atomic E-state index is 0.0214. The van der Waals surface area contributed by atoms with Gasteiger partial charge in [-0.25, -0.2) is 9.69 Å². The Morgan fingerprint density at radius 1 is 0.900 bits per heavy atom. The van der Waals surface area contributed by atoms with Crippen molar-refractivity contribution in [1.29, 1.82) is 0 Å². The fourth-order valence-corrected chi connectivity index (χ4v) is 4.11. The van der Waals surface area contributed by atoms with E-state index in [2.05, 4.69) is 0 Å². The molecule has 8 nitrogen and oxygen atoms in total. The summed E-state index contributed by atoms with van der Waals surface area (Å²) < 4.78 is 0. The van der Waals surface area contributed by atoms with E-state index in [1.165, 1.54) is 12.1 Å². The molecule has 1 fully saturated rings. The number of carbonyl (C=O) groups excluding carboxylic acids is 4. The fourth-order valence-electron chi connectivity index (χ4n) is 4.11. The molecule has 0 aliphatic carbocycles. The molecule has 4 rings (SSSR count). The van der Waals surface area contributed by atoms with Gasteiger partial charge in [0.15, 0.2) is 0 Å². The van der Waals surface area contributed by atoms with E-state index in [4.69, 9.17) is 0 Å². The Bertz CT molecular complexity index is 1080. The number of fused-ring (bicyclic) bond motifs is 1. The molecule has 1 atom stereocenters. The number of aliphatic hydroxyl groups is 1. The van der Waals surface area contributed by atoms with E-state index < -0.39 is 29.5 Å². The zero-order valence-corrected chi connectivity index (χ0v) is 16.9. The SMILES string of the molecule is CCN1C(=O)N(CC)C(O)(c2cc(C)ccc2N2C(=O)c3ccccc3C2=O)C1=O. The first-order valence-electron chi connectivity index (χ1n) is 9.72. The van der Waals surface area contributed by atoms with Crippen LogP contribution in [0.3, 0.4) is 0 Å². The fraction of sp³-hybridized carbons (Fsp3) is 0.273. The Morgan fingerprint density at radius 2 is 1.50 bits per heavy atom. The third kappa shape index (κ3) is 2.43. The minimum Gasteiger partial charge on any atom is -0.359 e. The van der Waals surface area contributed by atoms with Gasteiger partial charge in [0.05, 0.1) is 16.8 Å². The van der Waals surface area contributed by atoms with Gasteiger partial charge in [0, 0.05) is 18.7 Å². The number of anilines is 1. The van der Waals surface area contributed by atoms with Crippen LogP contribution in [0, 0.1) is 6.92 Å². The first-order valence-corrected chi connectivity index (χ1v) is 9.72. The van der Waals surface area contributed by atoms with E-state index in [1.54, 1.807) is 51.1 Å². The Kier molecular flexibility index (Phi) is 4.47. The molecular weight excluding hydrogens is 386 g/mol. The van der Waals surface area contributed by atoms with E-state index in [9.17, 15) is 24.3 Å². The molecule has 5 amide bonds. The maximum Gasteiger partial charge on any atom is 0.329 e. The Morgan fingerprint density at radius 3 is 2.03 bits per heavy atom. The number of benzene rings is 2. The molecule has 0 radical (unpaired) electrons. The number of aryl methyl sites for hydroxylation is 1. The van der Waals surface area contributed by atoms with Crippen molar-refractivity contribution in [2.75, 3.05) is 18.0 Å². The molecule has 8 heteroatoms. The molecule has 2 aromatic rings. The Balaban J connectivity index is 1.93. The number of carbonyl (C=O) groups is 4. The van der Waals surface area contributed by atoms with Gasteiger partial charge in [-0.1, -0.05) is 23.8 Å². The molecule has 2 aliphatic heterocycles. The zero-order valence-electron chi connectivity index (χ0n) is 16.9. The monoisotopic (exact) mass is 407 g/mol. The predicted molar refractivity (Wildman–Crippen MR) is 108 cm³/mol. The maximum atomic E-state index is 13.1. The first kappa shape index (κ1) is 19.8. The lowest BCUT2D eigenvalue weighted by atomic mass is 9.96. The molecule has 0 bridgehead atoms. The van der Waals surface area contributed by atoms with E-state index in [1.807, 2.05) is 0 Å². The largest absolute Gasteiger partial charge is 0.359 e. The Hall–Kier alpha value is -3.52. The van der Waals surface area contributed by atoms with Gasteiger partial charge in [-0.05, 0) is 45.0 Å². The minimum atomic E-state index is -2.32. The van der Waals surface area contributed by atoms with Gasteiger partial charge in [-0.15, -0.1) is 0 Å². The van der Waals surface area contributed by atoms with Crippen LogP contribution < -0.4 is 4.90 Å². The van der Waals surface area contributed by atoms with Crippen molar-refractivity contribution in [3.8, 4) is 0 Å². The molecule has 2 heterocycles. The van der Waals surface area contributed by atoms with Crippen LogP contribution in [0.2, 0.25) is 0 Å². The molecule has 0 spiro atoms. The van der Waals surface area contributed by atoms with E-state index in [0.717, 1.165) is 14.7 Å². The van der Waals surface area contributed by atoms with Gasteiger partial charge in [-0.3, -0.25) is 24.2 Å². The van der Waals surface area contributed by atoms with Gasteiger partial charge >= 0.3 is 6.03 Å². The van der Waals surface area contributed by atoms with Crippen LogP contribution in [0.5, 0.6) is 0 Å². The molecular formula is C22H21N3O5. The average Bonchev–Trinajstić information content (AvgIpc) is 3.10. The number of hydrogen-bond acceptors (Lipinski definition) is 5. The lowest BCUT2D eigenvalue weighted by Crippen LogP contribution is -2.48. The summed E-state index contributed by atoms with van der Waals surface area (Å²) in [6.07, 6.45) is 0. The number of rotatable bonds is 4. The van der Waals surface area contributed by atoms with Crippen molar-refractivity contribution in [2.24, 2.45) is 0 Å². The summed E-state index contributed by atoms with van der Waals surface area (Å²) in [5, 5.41) is 11.6. The summed E-state index contributed by atoms with van der Waals surface area (Å²) in [5.74, 6) is -1.90. The van der Waals surface area contributed by atoms with Crippen molar-refractivity contribution < 1.29 is 24.3 Å². The van der Waals surface area contributed by atoms with Crippen LogP contribution in [-0.2, 0) is 10.5 Å². The summed E-state index contributed by atoms with van der Waals surface area (Å²) >= 11 is 0. The lowest BCUT2D eigenvalue weighted by Gasteiger charge is -2.32. The normalized spacial score (nSPS) is 21.1. The van der Waals surface area contributed by atoms with Gasteiger partial charge in [0.2, 0.25) is 0 Å². The van der Waals surface area contributed by atoms with Gasteiger partial charge in [0.25, 0.3) is 23.4 Å². The summed E-state index contributed by atoms with van der Waals surface area (Å²) in [7, 11) is 0. The second-order valence-electron chi connectivity index (χ2n) is 7.26. The van der Waals surface area contributed by atoms with Crippen LogP contribution in [0.1, 0.15) is 45.7 Å². The zero-order chi connectivity index (χ0) is 21.8. The number of hydrogen-bond donors (Lipinski definition) is 1. The number of imide groups is 2. The topological polar surface area (TPSA) is 98.2 Å². The van der Waals surface area contributed by atoms with Crippen molar-refractivity contribution in [2.45, 2.75) is 26.5 Å². The van der Waals surface area contributed by atoms with Crippen molar-refractivity contribution in [3.05, 3.63) is 64.7 Å². The highest BCUT2D eigenvalue weighted by atomic mass is 16.3. The highest BCUT2D eigenvalue weighted by Gasteiger charge is 2.58. The van der Waals surface area contributed by atoms with Crippen molar-refractivity contribution in [3.63, 3.8) is 0 Å². The number of nitrogens with zero attached hydrogens (tertiary/aromatic N) is 3. The smallest absolute Gasteiger partial charge is 0.329 e. The highest BCUT2D eigenvalue weighted by molar-refractivity contribution is 6.34. The summed E-state index contributed by atoms with van der Waals surface area (Å²) in [4.78, 5) is 54.9. The van der Waals surface area contributed by atoms with Crippen LogP contribution in [0.4, 0.5) is 10.5 Å². The van der Waals surface area contributed by atoms with E-state index in [0.29, 0.717) is 5.56 Å². The first-order chi connectivity index (χ1) is 14.3. The number of urea groups is 1. The van der Waals surface area contributed by atoms with E-state index >= 15 is 0 Å². The second kappa shape index (κ2) is 6.77. The highest BCUT2D eigenvalue weighted by Crippen LogP contribution is 2.42. The standard InChI is InChI=1S/C22H21N3O5/c1-4-23-20(28)22(30,24(5-2)21(23)29)16-12-13(3)10-11-17(16)25-18(26)14-8-6-7-9-15(14)19(25)27/h6-12,30H,4-5H2,1-3H3. The van der Waals surface area contributed by atoms with Crippen LogP contribution in [0.15, 0.2) is 42.5 Å². The average molecular weight is 407 g/mol. The number of amides is 5. The lowest BCUT2D eigenvalue weighted by molar-refractivity contribution is -0.154. The molecule has 2 aliphatic rings. The van der Waals surface area contributed by atoms with Crippen LogP contribution >= 0.6 is 0 Å². The summed E-state index contributed by atoms with van der Waals surface area (Å²) in [5.41, 5.74) is -1.03. The van der Waals surface area contributed by atoms with Crippen LogP contribution in [0.25, 0.3) is 0 Å². The predicted octanol–water partition coefficient (Wildman–Crippen LogP) is 2.24. The molecule has 2 aromatic carbocycles. The van der Waals surface area contributed by atoms with Gasteiger partial charge in [0.1, 0.15) is 0 Å². The molecule has 0 aromatic heterocycles. The van der Waals surface area contributed by atoms with Crippen molar-refractivity contribution >= 4 is 29.4 Å². The second-order valence-corrected chi connectivity index (χ2v) is 7.26. The molecule has 154 valence electrons. The van der Waals surface area contributed by atoms with Crippen molar-refractivity contribution in [1.82, 2.24) is 9.80 Å². The third-order valence-electron chi connectivity index (χ3n) is 5.59. The summed E-state index contributed by atoms with van der Waals surface area (Å²) in [6.45, 7) is 5.19. The number of likely N-dealkylation sites (N-methyl/N-ethyl adjacent to an activating group) is 2. The molecule has 1 saturated heterocycles. The molecule has 1 unspecified atom stereocenters. The molecule has 0 saturated carbocycles. The molecule has 30 heavy (non-hydrogen) atoms. The Labute approximate surface area is 173 Å². The molecule has 1 N–H and O–H groups in total. The summed E-state index contributed by atoms with van der Waals surface area (Å²) in [6, 6.07) is 10.5. The van der Waals surface area contributed by atoms with Crippen LogP contribution in [-0.4, -0.2) is 51.7 Å². The maximum absolute atomic E-state index is 13.1. The van der Waals surface area contributed by atoms with E-state index in [-0.39, 0.29) is 35.5 Å². The quantitative estimate of drug-likeness (QED) is 0.619. The third-order valence-corrected chi connectivity index (χ3v) is 5.59. The van der Waals surface area contributed by atoms with Gasteiger partial charge < -0.3 is 5.11 Å². The van der Waals surface area contributed by atoms with Gasteiger partial charge in [-0.2, -0.15) is 0 Å².